The maximum Gasteiger partial charge on any atom is 0.325 e. The van der Waals surface area contributed by atoms with E-state index in [4.69, 9.17) is 5.11 Å². The molecule has 1 rings (SSSR count). The smallest absolute Gasteiger partial charge is 0.325 e. The van der Waals surface area contributed by atoms with Crippen LogP contribution < -0.4 is 5.32 Å². The molecular formula is C14H25NO5S. The number of hydrogen-bond donors (Lipinski definition) is 2. The van der Waals surface area contributed by atoms with E-state index < -0.39 is 44.2 Å². The Morgan fingerprint density at radius 3 is 2.05 bits per heavy atom. The Balaban J connectivity index is 2.94. The third kappa shape index (κ3) is 4.43. The normalized spacial score (nSPS) is 20.0. The Hall–Kier alpha value is -1.11. The van der Waals surface area contributed by atoms with Crippen LogP contribution in [0.2, 0.25) is 0 Å². The molecule has 0 aromatic heterocycles. The second kappa shape index (κ2) is 7.24. The van der Waals surface area contributed by atoms with Gasteiger partial charge < -0.3 is 10.4 Å². The van der Waals surface area contributed by atoms with Gasteiger partial charge in [-0.15, -0.1) is 0 Å². The quantitative estimate of drug-likeness (QED) is 0.769. The summed E-state index contributed by atoms with van der Waals surface area (Å²) in [5.74, 6) is -2.27. The zero-order valence-electron chi connectivity index (χ0n) is 12.8. The van der Waals surface area contributed by atoms with Gasteiger partial charge in [-0.05, 0) is 25.7 Å². The summed E-state index contributed by atoms with van der Waals surface area (Å²) in [7, 11) is -3.60. The largest absolute Gasteiger partial charge is 0.480 e. The van der Waals surface area contributed by atoms with Gasteiger partial charge in [-0.3, -0.25) is 9.59 Å². The van der Waals surface area contributed by atoms with Crippen LogP contribution in [0, 0.1) is 5.92 Å². The molecule has 2 N–H and O–H groups in total. The highest BCUT2D eigenvalue weighted by molar-refractivity contribution is 7.93. The molecule has 6 nitrogen and oxygen atoms in total. The number of carboxylic acids is 1. The minimum atomic E-state index is -3.60. The number of carbonyl (C=O) groups is 2. The van der Waals surface area contributed by atoms with Crippen LogP contribution in [0.5, 0.6) is 0 Å². The van der Waals surface area contributed by atoms with Crippen LogP contribution in [0.3, 0.4) is 0 Å². The second-order valence-corrected chi connectivity index (χ2v) is 8.43. The third-order valence-electron chi connectivity index (χ3n) is 3.96. The summed E-state index contributed by atoms with van der Waals surface area (Å²) in [4.78, 5) is 23.0. The van der Waals surface area contributed by atoms with Gasteiger partial charge >= 0.3 is 5.97 Å². The first-order valence-corrected chi connectivity index (χ1v) is 9.04. The molecule has 1 amide bonds. The summed E-state index contributed by atoms with van der Waals surface area (Å²) in [5.41, 5.74) is 0. The zero-order chi connectivity index (χ0) is 16.2. The average molecular weight is 319 g/mol. The number of aliphatic carboxylic acids is 1. The van der Waals surface area contributed by atoms with E-state index in [0.717, 1.165) is 19.3 Å². The lowest BCUT2D eigenvalue weighted by molar-refractivity contribution is -0.141. The van der Waals surface area contributed by atoms with E-state index in [9.17, 15) is 18.0 Å². The molecule has 0 aromatic carbocycles. The van der Waals surface area contributed by atoms with Gasteiger partial charge in [0.2, 0.25) is 5.91 Å². The number of amides is 1. The zero-order valence-corrected chi connectivity index (χ0v) is 13.6. The molecule has 7 heteroatoms. The molecule has 0 heterocycles. The predicted molar refractivity (Wildman–Crippen MR) is 79.7 cm³/mol. The number of nitrogens with one attached hydrogen (secondary N) is 1. The SMILES string of the molecule is CC(NC(=O)C(C(C)C)S(=O)(=O)C1CCCCC1)C(=O)O. The molecular weight excluding hydrogens is 294 g/mol. The van der Waals surface area contributed by atoms with Crippen molar-refractivity contribution in [2.75, 3.05) is 0 Å². The van der Waals surface area contributed by atoms with Gasteiger partial charge in [0.05, 0.1) is 5.25 Å². The van der Waals surface area contributed by atoms with E-state index in [-0.39, 0.29) is 0 Å². The summed E-state index contributed by atoms with van der Waals surface area (Å²) >= 11 is 0. The van der Waals surface area contributed by atoms with Gasteiger partial charge in [0.25, 0.3) is 0 Å². The molecule has 0 aliphatic heterocycles. The van der Waals surface area contributed by atoms with Crippen molar-refractivity contribution in [3.05, 3.63) is 0 Å². The Morgan fingerprint density at radius 1 is 1.10 bits per heavy atom. The van der Waals surface area contributed by atoms with E-state index in [2.05, 4.69) is 5.32 Å². The first-order valence-electron chi connectivity index (χ1n) is 7.43. The molecule has 1 fully saturated rings. The molecule has 2 atom stereocenters. The number of sulfone groups is 1. The maximum absolute atomic E-state index is 12.7. The first-order chi connectivity index (χ1) is 9.67. The topological polar surface area (TPSA) is 101 Å². The summed E-state index contributed by atoms with van der Waals surface area (Å²) in [6.45, 7) is 4.68. The van der Waals surface area contributed by atoms with E-state index in [1.807, 2.05) is 0 Å². The molecule has 0 aromatic rings. The lowest BCUT2D eigenvalue weighted by atomic mass is 10.0. The number of carboxylic acid groups (broad SMARTS) is 1. The molecule has 2 unspecified atom stereocenters. The molecule has 1 aliphatic carbocycles. The average Bonchev–Trinajstić information content (AvgIpc) is 2.38. The van der Waals surface area contributed by atoms with E-state index in [1.54, 1.807) is 13.8 Å². The molecule has 0 radical (unpaired) electrons. The van der Waals surface area contributed by atoms with Crippen molar-refractivity contribution >= 4 is 21.7 Å². The number of carbonyl (C=O) groups excluding carboxylic acids is 1. The van der Waals surface area contributed by atoms with Gasteiger partial charge in [0.15, 0.2) is 9.84 Å². The van der Waals surface area contributed by atoms with Crippen LogP contribution in [-0.2, 0) is 19.4 Å². The van der Waals surface area contributed by atoms with Gasteiger partial charge in [0.1, 0.15) is 11.3 Å². The Bertz CT molecular complexity index is 480. The van der Waals surface area contributed by atoms with Crippen molar-refractivity contribution in [1.82, 2.24) is 5.32 Å². The highest BCUT2D eigenvalue weighted by atomic mass is 32.2. The fourth-order valence-electron chi connectivity index (χ4n) is 2.79. The molecule has 0 saturated heterocycles. The second-order valence-electron chi connectivity index (χ2n) is 6.08. The van der Waals surface area contributed by atoms with Crippen molar-refractivity contribution in [2.24, 2.45) is 5.92 Å². The summed E-state index contributed by atoms with van der Waals surface area (Å²) in [6, 6.07) is -1.10. The van der Waals surface area contributed by atoms with Crippen LogP contribution in [0.4, 0.5) is 0 Å². The van der Waals surface area contributed by atoms with Crippen molar-refractivity contribution in [3.8, 4) is 0 Å². The Morgan fingerprint density at radius 2 is 1.62 bits per heavy atom. The highest BCUT2D eigenvalue weighted by Crippen LogP contribution is 2.29. The maximum atomic E-state index is 12.7. The van der Waals surface area contributed by atoms with Crippen LogP contribution in [-0.4, -0.2) is 41.9 Å². The molecule has 1 saturated carbocycles. The minimum Gasteiger partial charge on any atom is -0.480 e. The van der Waals surface area contributed by atoms with Crippen LogP contribution >= 0.6 is 0 Å². The van der Waals surface area contributed by atoms with Gasteiger partial charge in [0, 0.05) is 0 Å². The molecule has 21 heavy (non-hydrogen) atoms. The molecule has 0 bridgehead atoms. The predicted octanol–water partition coefficient (Wildman–Crippen LogP) is 1.35. The highest BCUT2D eigenvalue weighted by Gasteiger charge is 2.41. The van der Waals surface area contributed by atoms with Crippen molar-refractivity contribution in [3.63, 3.8) is 0 Å². The van der Waals surface area contributed by atoms with E-state index >= 15 is 0 Å². The van der Waals surface area contributed by atoms with Crippen LogP contribution in [0.25, 0.3) is 0 Å². The summed E-state index contributed by atoms with van der Waals surface area (Å²) in [5, 5.41) is 9.47. The molecule has 122 valence electrons. The number of hydrogen-bond acceptors (Lipinski definition) is 4. The Kier molecular flexibility index (Phi) is 6.19. The standard InChI is InChI=1S/C14H25NO5S/c1-9(2)12(13(16)15-10(3)14(17)18)21(19,20)11-7-5-4-6-8-11/h9-12H,4-8H2,1-3H3,(H,15,16)(H,17,18). The Labute approximate surface area is 126 Å². The monoisotopic (exact) mass is 319 g/mol. The number of rotatable bonds is 6. The van der Waals surface area contributed by atoms with E-state index in [1.165, 1.54) is 6.92 Å². The lowest BCUT2D eigenvalue weighted by Crippen LogP contribution is -2.51. The molecule has 0 spiro atoms. The van der Waals surface area contributed by atoms with Gasteiger partial charge in [-0.2, -0.15) is 0 Å². The van der Waals surface area contributed by atoms with Crippen molar-refractivity contribution in [1.29, 1.82) is 0 Å². The fraction of sp³-hybridized carbons (Fsp3) is 0.857. The third-order valence-corrected chi connectivity index (χ3v) is 6.83. The van der Waals surface area contributed by atoms with Crippen LogP contribution in [0.15, 0.2) is 0 Å². The fourth-order valence-corrected chi connectivity index (χ4v) is 5.32. The van der Waals surface area contributed by atoms with Crippen LogP contribution in [0.1, 0.15) is 52.9 Å². The molecule has 1 aliphatic rings. The summed E-state index contributed by atoms with van der Waals surface area (Å²) < 4.78 is 25.4. The lowest BCUT2D eigenvalue weighted by Gasteiger charge is -2.29. The van der Waals surface area contributed by atoms with Gasteiger partial charge in [-0.1, -0.05) is 33.1 Å². The minimum absolute atomic E-state index is 0.391. The van der Waals surface area contributed by atoms with Crippen molar-refractivity contribution < 1.29 is 23.1 Å². The van der Waals surface area contributed by atoms with Gasteiger partial charge in [-0.25, -0.2) is 8.42 Å². The summed E-state index contributed by atoms with van der Waals surface area (Å²) in [6.07, 6.45) is 3.94. The van der Waals surface area contributed by atoms with E-state index in [0.29, 0.717) is 12.8 Å². The van der Waals surface area contributed by atoms with Crippen molar-refractivity contribution in [2.45, 2.75) is 69.4 Å². The first kappa shape index (κ1) is 17.9.